The molecule has 1 aromatic heterocycles. The van der Waals surface area contributed by atoms with Crippen LogP contribution in [0.1, 0.15) is 39.2 Å². The van der Waals surface area contributed by atoms with Crippen LogP contribution in [-0.2, 0) is 16.1 Å². The lowest BCUT2D eigenvalue weighted by molar-refractivity contribution is -0.143. The van der Waals surface area contributed by atoms with Gasteiger partial charge in [-0.15, -0.1) is 0 Å². The Labute approximate surface area is 121 Å². The van der Waals surface area contributed by atoms with Crippen molar-refractivity contribution in [1.82, 2.24) is 9.88 Å². The van der Waals surface area contributed by atoms with Crippen molar-refractivity contribution in [3.05, 3.63) is 30.1 Å². The van der Waals surface area contributed by atoms with E-state index in [1.54, 1.807) is 6.20 Å². The monoisotopic (exact) mass is 276 g/mol. The first-order valence-corrected chi connectivity index (χ1v) is 7.27. The number of aromatic nitrogens is 1. The quantitative estimate of drug-likeness (QED) is 0.852. The largest absolute Gasteiger partial charge is 0.372 e. The van der Waals surface area contributed by atoms with Gasteiger partial charge < -0.3 is 9.64 Å². The van der Waals surface area contributed by atoms with Crippen LogP contribution in [-0.4, -0.2) is 35.0 Å². The second-order valence-corrected chi connectivity index (χ2v) is 6.44. The Morgan fingerprint density at radius 1 is 1.50 bits per heavy atom. The molecular weight excluding hydrogens is 252 g/mol. The maximum absolute atomic E-state index is 12.3. The average molecular weight is 276 g/mol. The lowest BCUT2D eigenvalue weighted by atomic mass is 9.93. The fourth-order valence-corrected chi connectivity index (χ4v) is 2.43. The highest BCUT2D eigenvalue weighted by Gasteiger charge is 2.31. The van der Waals surface area contributed by atoms with Crippen molar-refractivity contribution in [2.75, 3.05) is 13.1 Å². The Morgan fingerprint density at radius 2 is 2.30 bits per heavy atom. The number of hydrogen-bond acceptors (Lipinski definition) is 3. The van der Waals surface area contributed by atoms with E-state index in [9.17, 15) is 4.79 Å². The highest BCUT2D eigenvalue weighted by atomic mass is 16.5. The van der Waals surface area contributed by atoms with Crippen molar-refractivity contribution in [3.8, 4) is 0 Å². The molecule has 1 aromatic rings. The minimum Gasteiger partial charge on any atom is -0.372 e. The van der Waals surface area contributed by atoms with E-state index >= 15 is 0 Å². The van der Waals surface area contributed by atoms with Crippen molar-refractivity contribution in [1.29, 1.82) is 0 Å². The molecule has 0 N–H and O–H groups in total. The number of ether oxygens (including phenoxy) is 1. The van der Waals surface area contributed by atoms with Crippen LogP contribution >= 0.6 is 0 Å². The number of pyridine rings is 1. The molecule has 4 nitrogen and oxygen atoms in total. The zero-order chi connectivity index (χ0) is 14.6. The van der Waals surface area contributed by atoms with Gasteiger partial charge >= 0.3 is 0 Å². The molecule has 0 aliphatic carbocycles. The Morgan fingerprint density at radius 3 is 2.95 bits per heavy atom. The molecule has 4 heteroatoms. The standard InChI is InChI=1S/C16H24N2O2/c1-16(2,3)15(19)18-9-5-7-14(11-18)20-12-13-6-4-8-17-10-13/h4,6,8,10,14H,5,7,9,11-12H2,1-3H3. The molecule has 1 aliphatic heterocycles. The molecule has 1 saturated heterocycles. The van der Waals surface area contributed by atoms with Gasteiger partial charge in [0.05, 0.1) is 12.7 Å². The Kier molecular flexibility index (Phi) is 4.76. The van der Waals surface area contributed by atoms with Crippen LogP contribution in [0.4, 0.5) is 0 Å². The highest BCUT2D eigenvalue weighted by molar-refractivity contribution is 5.81. The Bertz CT molecular complexity index is 440. The number of piperidine rings is 1. The molecule has 110 valence electrons. The molecule has 0 bridgehead atoms. The molecule has 1 aliphatic rings. The zero-order valence-corrected chi connectivity index (χ0v) is 12.6. The summed E-state index contributed by atoms with van der Waals surface area (Å²) in [6.07, 6.45) is 5.75. The second kappa shape index (κ2) is 6.35. The molecule has 1 atom stereocenters. The molecule has 1 unspecified atom stereocenters. The van der Waals surface area contributed by atoms with Crippen LogP contribution in [0.3, 0.4) is 0 Å². The minimum atomic E-state index is -0.314. The van der Waals surface area contributed by atoms with Gasteiger partial charge in [-0.3, -0.25) is 9.78 Å². The fourth-order valence-electron chi connectivity index (χ4n) is 2.43. The summed E-state index contributed by atoms with van der Waals surface area (Å²) < 4.78 is 5.93. The van der Waals surface area contributed by atoms with E-state index in [0.29, 0.717) is 13.2 Å². The van der Waals surface area contributed by atoms with Crippen molar-refractivity contribution in [3.63, 3.8) is 0 Å². The van der Waals surface area contributed by atoms with Gasteiger partial charge in [0, 0.05) is 30.9 Å². The second-order valence-electron chi connectivity index (χ2n) is 6.44. The summed E-state index contributed by atoms with van der Waals surface area (Å²) in [7, 11) is 0. The summed E-state index contributed by atoms with van der Waals surface area (Å²) in [5.41, 5.74) is 0.761. The van der Waals surface area contributed by atoms with Gasteiger partial charge in [0.1, 0.15) is 0 Å². The van der Waals surface area contributed by atoms with Crippen LogP contribution in [0.15, 0.2) is 24.5 Å². The fraction of sp³-hybridized carbons (Fsp3) is 0.625. The lowest BCUT2D eigenvalue weighted by Crippen LogP contribution is -2.47. The van der Waals surface area contributed by atoms with Crippen LogP contribution in [0.2, 0.25) is 0 Å². The molecule has 1 amide bonds. The Balaban J connectivity index is 1.86. The van der Waals surface area contributed by atoms with Crippen molar-refractivity contribution in [2.45, 2.75) is 46.3 Å². The lowest BCUT2D eigenvalue weighted by Gasteiger charge is -2.36. The number of carbonyl (C=O) groups is 1. The SMILES string of the molecule is CC(C)(C)C(=O)N1CCCC(OCc2cccnc2)C1. The molecule has 20 heavy (non-hydrogen) atoms. The number of likely N-dealkylation sites (tertiary alicyclic amines) is 1. The van der Waals surface area contributed by atoms with Gasteiger partial charge in [-0.25, -0.2) is 0 Å². The van der Waals surface area contributed by atoms with E-state index in [2.05, 4.69) is 4.98 Å². The number of carbonyl (C=O) groups excluding carboxylic acids is 1. The first kappa shape index (κ1) is 15.0. The summed E-state index contributed by atoms with van der Waals surface area (Å²) in [4.78, 5) is 18.3. The maximum Gasteiger partial charge on any atom is 0.228 e. The molecule has 2 heterocycles. The highest BCUT2D eigenvalue weighted by Crippen LogP contribution is 2.22. The van der Waals surface area contributed by atoms with Crippen LogP contribution in [0.5, 0.6) is 0 Å². The van der Waals surface area contributed by atoms with E-state index in [1.165, 1.54) is 0 Å². The summed E-state index contributed by atoms with van der Waals surface area (Å²) in [6.45, 7) is 8.02. The first-order valence-electron chi connectivity index (χ1n) is 7.27. The topological polar surface area (TPSA) is 42.4 Å². The normalized spacial score (nSPS) is 19.9. The van der Waals surface area contributed by atoms with Crippen LogP contribution < -0.4 is 0 Å². The van der Waals surface area contributed by atoms with Crippen molar-refractivity contribution >= 4 is 5.91 Å². The Hall–Kier alpha value is -1.42. The van der Waals surface area contributed by atoms with E-state index in [4.69, 9.17) is 4.74 Å². The van der Waals surface area contributed by atoms with Gasteiger partial charge in [-0.1, -0.05) is 26.8 Å². The molecular formula is C16H24N2O2. The van der Waals surface area contributed by atoms with Crippen LogP contribution in [0, 0.1) is 5.41 Å². The molecule has 0 radical (unpaired) electrons. The van der Waals surface area contributed by atoms with Gasteiger partial charge in [-0.2, -0.15) is 0 Å². The summed E-state index contributed by atoms with van der Waals surface area (Å²) in [5.74, 6) is 0.215. The van der Waals surface area contributed by atoms with Gasteiger partial charge in [0.2, 0.25) is 5.91 Å². The number of hydrogen-bond donors (Lipinski definition) is 0. The maximum atomic E-state index is 12.3. The molecule has 2 rings (SSSR count). The van der Waals surface area contributed by atoms with Gasteiger partial charge in [-0.05, 0) is 24.5 Å². The number of amides is 1. The van der Waals surface area contributed by atoms with E-state index < -0.39 is 0 Å². The third-order valence-electron chi connectivity index (χ3n) is 3.52. The molecule has 1 fully saturated rings. The van der Waals surface area contributed by atoms with Gasteiger partial charge in [0.15, 0.2) is 0 Å². The zero-order valence-electron chi connectivity index (χ0n) is 12.6. The molecule has 0 spiro atoms. The molecule has 0 saturated carbocycles. The third kappa shape index (κ3) is 4.04. The van der Waals surface area contributed by atoms with Crippen molar-refractivity contribution < 1.29 is 9.53 Å². The number of rotatable bonds is 3. The van der Waals surface area contributed by atoms with E-state index in [-0.39, 0.29) is 17.4 Å². The smallest absolute Gasteiger partial charge is 0.228 e. The third-order valence-corrected chi connectivity index (χ3v) is 3.52. The first-order chi connectivity index (χ1) is 9.47. The minimum absolute atomic E-state index is 0.134. The van der Waals surface area contributed by atoms with E-state index in [0.717, 1.165) is 24.9 Å². The summed E-state index contributed by atoms with van der Waals surface area (Å²) in [6, 6.07) is 3.92. The summed E-state index contributed by atoms with van der Waals surface area (Å²) in [5, 5.41) is 0. The van der Waals surface area contributed by atoms with E-state index in [1.807, 2.05) is 44.0 Å². The predicted molar refractivity (Wildman–Crippen MR) is 78.1 cm³/mol. The number of nitrogens with zero attached hydrogens (tertiary/aromatic N) is 2. The summed E-state index contributed by atoms with van der Waals surface area (Å²) >= 11 is 0. The van der Waals surface area contributed by atoms with Crippen molar-refractivity contribution in [2.24, 2.45) is 5.41 Å². The van der Waals surface area contributed by atoms with Crippen LogP contribution in [0.25, 0.3) is 0 Å². The molecule has 0 aromatic carbocycles. The predicted octanol–water partition coefficient (Wildman–Crippen LogP) is 2.64. The average Bonchev–Trinajstić information content (AvgIpc) is 2.45. The van der Waals surface area contributed by atoms with Gasteiger partial charge in [0.25, 0.3) is 0 Å².